The molecule has 142 valence electrons. The summed E-state index contributed by atoms with van der Waals surface area (Å²) >= 11 is 0. The predicted molar refractivity (Wildman–Crippen MR) is 101 cm³/mol. The maximum absolute atomic E-state index is 12.6. The third kappa shape index (κ3) is 3.87. The number of rotatable bonds is 5. The Kier molecular flexibility index (Phi) is 5.04. The van der Waals surface area contributed by atoms with Crippen LogP contribution in [0.4, 0.5) is 11.4 Å². The van der Waals surface area contributed by atoms with Gasteiger partial charge in [0, 0.05) is 11.3 Å². The van der Waals surface area contributed by atoms with Gasteiger partial charge in [0.25, 0.3) is 5.91 Å². The zero-order valence-corrected chi connectivity index (χ0v) is 15.4. The number of carbonyl (C=O) groups is 2. The summed E-state index contributed by atoms with van der Waals surface area (Å²) in [7, 11) is -3.57. The molecule has 0 aliphatic carbocycles. The highest BCUT2D eigenvalue weighted by Crippen LogP contribution is 2.35. The van der Waals surface area contributed by atoms with Crippen molar-refractivity contribution in [1.29, 1.82) is 0 Å². The molecule has 3 rings (SSSR count). The number of para-hydroxylation sites is 2. The Morgan fingerprint density at radius 3 is 2.48 bits per heavy atom. The van der Waals surface area contributed by atoms with Gasteiger partial charge in [0.15, 0.2) is 6.10 Å². The van der Waals surface area contributed by atoms with Crippen LogP contribution < -0.4 is 20.1 Å². The third-order valence-electron chi connectivity index (χ3n) is 4.16. The molecule has 1 atom stereocenters. The molecule has 2 amide bonds. The van der Waals surface area contributed by atoms with E-state index >= 15 is 0 Å². The highest BCUT2D eigenvalue weighted by Gasteiger charge is 2.35. The maximum Gasteiger partial charge on any atom is 0.267 e. The Morgan fingerprint density at radius 2 is 1.85 bits per heavy atom. The fourth-order valence-corrected chi connectivity index (χ4v) is 3.82. The van der Waals surface area contributed by atoms with Crippen LogP contribution in [0.1, 0.15) is 17.3 Å². The second-order valence-corrected chi connectivity index (χ2v) is 8.12. The molecular formula is C18H19N3O5S. The quantitative estimate of drug-likeness (QED) is 0.800. The van der Waals surface area contributed by atoms with Crippen LogP contribution >= 0.6 is 0 Å². The standard InChI is InChI=1S/C18H19N3O5S/c1-2-27(24,25)21-11-16(26-15-6-4-3-5-14(15)21)18(23)20-13-9-7-12(8-10-13)17(19)22/h3-10,16H,2,11H2,1H3,(H2,19,22)(H,20,23)/t16-/m0/s1. The molecule has 0 unspecified atom stereocenters. The lowest BCUT2D eigenvalue weighted by Crippen LogP contribution is -2.49. The average molecular weight is 389 g/mol. The van der Waals surface area contributed by atoms with Crippen LogP contribution in [0.25, 0.3) is 0 Å². The summed E-state index contributed by atoms with van der Waals surface area (Å²) in [5, 5.41) is 2.66. The molecule has 0 spiro atoms. The average Bonchev–Trinajstić information content (AvgIpc) is 2.67. The van der Waals surface area contributed by atoms with Crippen molar-refractivity contribution < 1.29 is 22.7 Å². The Bertz CT molecular complexity index is 973. The number of benzene rings is 2. The first-order valence-electron chi connectivity index (χ1n) is 8.28. The first-order chi connectivity index (χ1) is 12.8. The van der Waals surface area contributed by atoms with Gasteiger partial charge in [-0.25, -0.2) is 8.42 Å². The molecule has 9 heteroatoms. The predicted octanol–water partition coefficient (Wildman–Crippen LogP) is 1.34. The normalized spacial score (nSPS) is 16.2. The number of nitrogens with two attached hydrogens (primary N) is 1. The number of nitrogens with zero attached hydrogens (tertiary/aromatic N) is 1. The lowest BCUT2D eigenvalue weighted by Gasteiger charge is -2.34. The molecule has 1 aliphatic heterocycles. The van der Waals surface area contributed by atoms with Crippen LogP contribution in [0.2, 0.25) is 0 Å². The molecule has 0 saturated heterocycles. The van der Waals surface area contributed by atoms with E-state index in [2.05, 4.69) is 5.32 Å². The second kappa shape index (κ2) is 7.28. The first kappa shape index (κ1) is 18.7. The van der Waals surface area contributed by atoms with Gasteiger partial charge in [-0.05, 0) is 43.3 Å². The molecule has 0 fully saturated rings. The molecule has 27 heavy (non-hydrogen) atoms. The van der Waals surface area contributed by atoms with Crippen LogP contribution in [0.5, 0.6) is 5.75 Å². The van der Waals surface area contributed by atoms with Crippen molar-refractivity contribution in [3.8, 4) is 5.75 Å². The van der Waals surface area contributed by atoms with Crippen LogP contribution in [0.3, 0.4) is 0 Å². The number of carbonyl (C=O) groups excluding carboxylic acids is 2. The highest BCUT2D eigenvalue weighted by atomic mass is 32.2. The Morgan fingerprint density at radius 1 is 1.19 bits per heavy atom. The van der Waals surface area contributed by atoms with Crippen molar-refractivity contribution in [3.63, 3.8) is 0 Å². The van der Waals surface area contributed by atoms with Gasteiger partial charge in [-0.2, -0.15) is 0 Å². The number of anilines is 2. The largest absolute Gasteiger partial charge is 0.476 e. The summed E-state index contributed by atoms with van der Waals surface area (Å²) in [4.78, 5) is 23.7. The fourth-order valence-electron chi connectivity index (χ4n) is 2.70. The van der Waals surface area contributed by atoms with E-state index in [9.17, 15) is 18.0 Å². The van der Waals surface area contributed by atoms with E-state index in [0.717, 1.165) is 0 Å². The molecular weight excluding hydrogens is 370 g/mol. The van der Waals surface area contributed by atoms with E-state index in [-0.39, 0.29) is 12.3 Å². The van der Waals surface area contributed by atoms with Crippen LogP contribution in [-0.4, -0.2) is 38.6 Å². The van der Waals surface area contributed by atoms with Gasteiger partial charge < -0.3 is 15.8 Å². The zero-order valence-electron chi connectivity index (χ0n) is 14.6. The topological polar surface area (TPSA) is 119 Å². The summed E-state index contributed by atoms with van der Waals surface area (Å²) in [6.07, 6.45) is -1.02. The molecule has 1 heterocycles. The number of ether oxygens (including phenoxy) is 1. The minimum absolute atomic E-state index is 0.0930. The molecule has 1 aliphatic rings. The van der Waals surface area contributed by atoms with Crippen molar-refractivity contribution in [2.75, 3.05) is 21.9 Å². The van der Waals surface area contributed by atoms with E-state index in [1.54, 1.807) is 31.2 Å². The highest BCUT2D eigenvalue weighted by molar-refractivity contribution is 7.92. The number of hydrogen-bond acceptors (Lipinski definition) is 5. The van der Waals surface area contributed by atoms with E-state index in [4.69, 9.17) is 10.5 Å². The van der Waals surface area contributed by atoms with E-state index < -0.39 is 27.9 Å². The Labute approximate surface area is 157 Å². The summed E-state index contributed by atoms with van der Waals surface area (Å²) in [6, 6.07) is 12.7. The fraction of sp³-hybridized carbons (Fsp3) is 0.222. The van der Waals surface area contributed by atoms with Gasteiger partial charge in [-0.15, -0.1) is 0 Å². The third-order valence-corrected chi connectivity index (χ3v) is 5.91. The number of primary amides is 1. The van der Waals surface area contributed by atoms with Crippen molar-refractivity contribution >= 4 is 33.2 Å². The zero-order chi connectivity index (χ0) is 19.6. The molecule has 8 nitrogen and oxygen atoms in total. The molecule has 0 saturated carbocycles. The summed E-state index contributed by atoms with van der Waals surface area (Å²) < 4.78 is 31.8. The summed E-state index contributed by atoms with van der Waals surface area (Å²) in [6.45, 7) is 1.42. The van der Waals surface area contributed by atoms with Gasteiger partial charge >= 0.3 is 0 Å². The smallest absolute Gasteiger partial charge is 0.267 e. The molecule has 0 aromatic heterocycles. The maximum atomic E-state index is 12.6. The second-order valence-electron chi connectivity index (χ2n) is 5.94. The SMILES string of the molecule is CCS(=O)(=O)N1C[C@@H](C(=O)Nc2ccc(C(N)=O)cc2)Oc2ccccc21. The lowest BCUT2D eigenvalue weighted by molar-refractivity contribution is -0.122. The number of amides is 2. The minimum Gasteiger partial charge on any atom is -0.476 e. The number of fused-ring (bicyclic) bond motifs is 1. The summed E-state index contributed by atoms with van der Waals surface area (Å²) in [5.41, 5.74) is 6.36. The first-order valence-corrected chi connectivity index (χ1v) is 9.89. The van der Waals surface area contributed by atoms with Gasteiger partial charge in [-0.3, -0.25) is 13.9 Å². The molecule has 0 radical (unpaired) electrons. The molecule has 3 N–H and O–H groups in total. The monoisotopic (exact) mass is 389 g/mol. The van der Waals surface area contributed by atoms with Gasteiger partial charge in [0.1, 0.15) is 5.75 Å². The van der Waals surface area contributed by atoms with Crippen LogP contribution in [0.15, 0.2) is 48.5 Å². The number of hydrogen-bond donors (Lipinski definition) is 2. The lowest BCUT2D eigenvalue weighted by atomic mass is 10.2. The minimum atomic E-state index is -3.57. The van der Waals surface area contributed by atoms with E-state index in [0.29, 0.717) is 22.7 Å². The molecule has 2 aromatic rings. The molecule has 2 aromatic carbocycles. The van der Waals surface area contributed by atoms with Gasteiger partial charge in [-0.1, -0.05) is 12.1 Å². The van der Waals surface area contributed by atoms with Crippen molar-refractivity contribution in [3.05, 3.63) is 54.1 Å². The van der Waals surface area contributed by atoms with Gasteiger partial charge in [0.05, 0.1) is 18.0 Å². The van der Waals surface area contributed by atoms with Crippen LogP contribution in [-0.2, 0) is 14.8 Å². The Balaban J connectivity index is 1.82. The Hall–Kier alpha value is -3.07. The number of sulfonamides is 1. The van der Waals surface area contributed by atoms with E-state index in [1.165, 1.54) is 28.6 Å². The number of nitrogens with one attached hydrogen (secondary N) is 1. The molecule has 0 bridgehead atoms. The van der Waals surface area contributed by atoms with Crippen LogP contribution in [0, 0.1) is 0 Å². The van der Waals surface area contributed by atoms with Crippen molar-refractivity contribution in [1.82, 2.24) is 0 Å². The van der Waals surface area contributed by atoms with Gasteiger partial charge in [0.2, 0.25) is 15.9 Å². The van der Waals surface area contributed by atoms with E-state index in [1.807, 2.05) is 0 Å². The van der Waals surface area contributed by atoms with Crippen molar-refractivity contribution in [2.24, 2.45) is 5.73 Å². The summed E-state index contributed by atoms with van der Waals surface area (Å²) in [5.74, 6) is -0.831. The van der Waals surface area contributed by atoms with Crippen molar-refractivity contribution in [2.45, 2.75) is 13.0 Å².